The molecule has 0 saturated carbocycles. The molecule has 1 heterocycles. The first-order valence-electron chi connectivity index (χ1n) is 7.03. The van der Waals surface area contributed by atoms with Gasteiger partial charge in [-0.25, -0.2) is 13.2 Å². The highest BCUT2D eigenvalue weighted by molar-refractivity contribution is 7.89. The fraction of sp³-hybridized carbons (Fsp3) is 0.500. The van der Waals surface area contributed by atoms with E-state index in [0.29, 0.717) is 26.2 Å². The van der Waals surface area contributed by atoms with Crippen molar-refractivity contribution < 1.29 is 13.2 Å². The third-order valence-corrected chi connectivity index (χ3v) is 5.47. The topological polar surface area (TPSA) is 69.7 Å². The number of amides is 2. The van der Waals surface area contributed by atoms with E-state index in [1.54, 1.807) is 11.8 Å². The molecule has 1 saturated heterocycles. The van der Waals surface area contributed by atoms with Gasteiger partial charge in [0.05, 0.1) is 5.75 Å². The van der Waals surface area contributed by atoms with Crippen LogP contribution >= 0.6 is 0 Å². The summed E-state index contributed by atoms with van der Waals surface area (Å²) >= 11 is 0. The quantitative estimate of drug-likeness (QED) is 0.919. The van der Waals surface area contributed by atoms with Crippen molar-refractivity contribution in [2.24, 2.45) is 0 Å². The molecule has 7 heteroatoms. The van der Waals surface area contributed by atoms with Gasteiger partial charge in [-0.15, -0.1) is 0 Å². The number of sulfonamides is 1. The molecule has 1 aromatic rings. The number of carbonyl (C=O) groups is 1. The summed E-state index contributed by atoms with van der Waals surface area (Å²) in [6, 6.07) is 7.38. The third-order valence-electron chi connectivity index (χ3n) is 3.59. The van der Waals surface area contributed by atoms with Crippen LogP contribution in [0.2, 0.25) is 0 Å². The second kappa shape index (κ2) is 6.44. The number of hydrogen-bond donors (Lipinski definition) is 1. The lowest BCUT2D eigenvalue weighted by atomic mass is 10.2. The monoisotopic (exact) mass is 311 g/mol. The number of piperazine rings is 1. The Kier molecular flexibility index (Phi) is 4.84. The lowest BCUT2D eigenvalue weighted by Crippen LogP contribution is -2.51. The molecule has 0 unspecified atom stereocenters. The molecule has 0 spiro atoms. The first-order valence-corrected chi connectivity index (χ1v) is 8.63. The number of aryl methyl sites for hydroxylation is 1. The fourth-order valence-corrected chi connectivity index (χ4v) is 3.28. The number of benzene rings is 1. The van der Waals surface area contributed by atoms with E-state index in [9.17, 15) is 13.2 Å². The first kappa shape index (κ1) is 15.8. The Morgan fingerprint density at radius 2 is 1.71 bits per heavy atom. The van der Waals surface area contributed by atoms with Gasteiger partial charge in [0, 0.05) is 31.9 Å². The molecule has 1 aliphatic heterocycles. The summed E-state index contributed by atoms with van der Waals surface area (Å²) < 4.78 is 25.0. The minimum absolute atomic E-state index is 0.0998. The van der Waals surface area contributed by atoms with Gasteiger partial charge in [-0.05, 0) is 26.0 Å². The highest BCUT2D eigenvalue weighted by Gasteiger charge is 2.27. The molecule has 1 fully saturated rings. The lowest BCUT2D eigenvalue weighted by Gasteiger charge is -2.33. The smallest absolute Gasteiger partial charge is 0.321 e. The second-order valence-corrected chi connectivity index (χ2v) is 7.34. The summed E-state index contributed by atoms with van der Waals surface area (Å²) in [5, 5.41) is 2.83. The van der Waals surface area contributed by atoms with Crippen LogP contribution in [0.1, 0.15) is 12.5 Å². The van der Waals surface area contributed by atoms with Gasteiger partial charge in [0.15, 0.2) is 0 Å². The van der Waals surface area contributed by atoms with Crippen LogP contribution in [0.15, 0.2) is 24.3 Å². The van der Waals surface area contributed by atoms with Gasteiger partial charge in [-0.1, -0.05) is 17.7 Å². The summed E-state index contributed by atoms with van der Waals surface area (Å²) in [4.78, 5) is 13.8. The Labute approximate surface area is 125 Å². The largest absolute Gasteiger partial charge is 0.322 e. The maximum Gasteiger partial charge on any atom is 0.321 e. The predicted octanol–water partition coefficient (Wildman–Crippen LogP) is 1.49. The van der Waals surface area contributed by atoms with Gasteiger partial charge in [-0.2, -0.15) is 4.31 Å². The van der Waals surface area contributed by atoms with E-state index >= 15 is 0 Å². The van der Waals surface area contributed by atoms with E-state index in [1.807, 2.05) is 31.2 Å². The van der Waals surface area contributed by atoms with Crippen LogP contribution in [-0.4, -0.2) is 55.6 Å². The molecule has 2 amide bonds. The number of anilines is 1. The molecule has 6 nitrogen and oxygen atoms in total. The molecule has 0 aliphatic carbocycles. The minimum atomic E-state index is -3.16. The van der Waals surface area contributed by atoms with Gasteiger partial charge < -0.3 is 10.2 Å². The molecule has 2 rings (SSSR count). The van der Waals surface area contributed by atoms with E-state index in [4.69, 9.17) is 0 Å². The van der Waals surface area contributed by atoms with Crippen LogP contribution in [0.5, 0.6) is 0 Å². The zero-order chi connectivity index (χ0) is 15.5. The molecule has 116 valence electrons. The molecule has 0 radical (unpaired) electrons. The van der Waals surface area contributed by atoms with Crippen LogP contribution < -0.4 is 5.32 Å². The molecule has 0 aromatic heterocycles. The van der Waals surface area contributed by atoms with Crippen LogP contribution in [-0.2, 0) is 10.0 Å². The summed E-state index contributed by atoms with van der Waals surface area (Å²) in [6.45, 7) is 5.16. The number of rotatable bonds is 3. The Morgan fingerprint density at radius 1 is 1.14 bits per heavy atom. The fourth-order valence-electron chi connectivity index (χ4n) is 2.19. The molecule has 1 N–H and O–H groups in total. The van der Waals surface area contributed by atoms with Crippen molar-refractivity contribution in [3.63, 3.8) is 0 Å². The molecule has 0 atom stereocenters. The van der Waals surface area contributed by atoms with E-state index in [0.717, 1.165) is 11.3 Å². The van der Waals surface area contributed by atoms with Crippen molar-refractivity contribution in [3.8, 4) is 0 Å². The van der Waals surface area contributed by atoms with Crippen molar-refractivity contribution in [1.82, 2.24) is 9.21 Å². The highest BCUT2D eigenvalue weighted by atomic mass is 32.2. The van der Waals surface area contributed by atoms with E-state index in [1.165, 1.54) is 4.31 Å². The Balaban J connectivity index is 1.90. The number of nitrogens with one attached hydrogen (secondary N) is 1. The molecular formula is C14H21N3O3S. The van der Waals surface area contributed by atoms with Gasteiger partial charge in [0.2, 0.25) is 10.0 Å². The summed E-state index contributed by atoms with van der Waals surface area (Å²) in [5.41, 5.74) is 1.88. The van der Waals surface area contributed by atoms with Crippen LogP contribution in [0.4, 0.5) is 10.5 Å². The van der Waals surface area contributed by atoms with E-state index in [2.05, 4.69) is 5.32 Å². The number of urea groups is 1. The number of carbonyl (C=O) groups excluding carboxylic acids is 1. The second-order valence-electron chi connectivity index (χ2n) is 5.08. The zero-order valence-electron chi connectivity index (χ0n) is 12.4. The maximum absolute atomic E-state index is 12.1. The minimum Gasteiger partial charge on any atom is -0.322 e. The molecule has 0 bridgehead atoms. The first-order chi connectivity index (χ1) is 9.92. The third kappa shape index (κ3) is 3.95. The van der Waals surface area contributed by atoms with E-state index in [-0.39, 0.29) is 11.8 Å². The van der Waals surface area contributed by atoms with Crippen LogP contribution in [0.25, 0.3) is 0 Å². The maximum atomic E-state index is 12.1. The SMILES string of the molecule is CCS(=O)(=O)N1CCN(C(=O)Nc2ccc(C)cc2)CC1. The van der Waals surface area contributed by atoms with Crippen molar-refractivity contribution in [2.75, 3.05) is 37.2 Å². The van der Waals surface area contributed by atoms with Crippen LogP contribution in [0.3, 0.4) is 0 Å². The highest BCUT2D eigenvalue weighted by Crippen LogP contribution is 2.12. The molecule has 1 aliphatic rings. The molecule has 21 heavy (non-hydrogen) atoms. The lowest BCUT2D eigenvalue weighted by molar-refractivity contribution is 0.184. The summed E-state index contributed by atoms with van der Waals surface area (Å²) in [5.74, 6) is 0.0998. The normalized spacial score (nSPS) is 16.8. The Hall–Kier alpha value is -1.60. The van der Waals surface area contributed by atoms with E-state index < -0.39 is 10.0 Å². The average Bonchev–Trinajstić information content (AvgIpc) is 2.49. The van der Waals surface area contributed by atoms with Gasteiger partial charge in [0.1, 0.15) is 0 Å². The van der Waals surface area contributed by atoms with Gasteiger partial charge in [0.25, 0.3) is 0 Å². The number of nitrogens with zero attached hydrogens (tertiary/aromatic N) is 2. The number of hydrogen-bond acceptors (Lipinski definition) is 3. The molecular weight excluding hydrogens is 290 g/mol. The zero-order valence-corrected chi connectivity index (χ0v) is 13.2. The van der Waals surface area contributed by atoms with Crippen LogP contribution in [0, 0.1) is 6.92 Å². The van der Waals surface area contributed by atoms with Gasteiger partial charge in [-0.3, -0.25) is 0 Å². The Morgan fingerprint density at radius 3 is 2.24 bits per heavy atom. The van der Waals surface area contributed by atoms with Crippen molar-refractivity contribution in [3.05, 3.63) is 29.8 Å². The average molecular weight is 311 g/mol. The predicted molar refractivity (Wildman–Crippen MR) is 82.8 cm³/mol. The summed E-state index contributed by atoms with van der Waals surface area (Å²) in [6.07, 6.45) is 0. The Bertz CT molecular complexity index is 590. The van der Waals surface area contributed by atoms with Crippen molar-refractivity contribution >= 4 is 21.7 Å². The standard InChI is InChI=1S/C14H21N3O3S/c1-3-21(19,20)17-10-8-16(9-11-17)14(18)15-13-6-4-12(2)5-7-13/h4-7H,3,8-11H2,1-2H3,(H,15,18). The summed E-state index contributed by atoms with van der Waals surface area (Å²) in [7, 11) is -3.16. The van der Waals surface area contributed by atoms with Crippen molar-refractivity contribution in [1.29, 1.82) is 0 Å². The molecule has 1 aromatic carbocycles. The van der Waals surface area contributed by atoms with Crippen molar-refractivity contribution in [2.45, 2.75) is 13.8 Å². The van der Waals surface area contributed by atoms with Gasteiger partial charge >= 0.3 is 6.03 Å².